The summed E-state index contributed by atoms with van der Waals surface area (Å²) in [5.74, 6) is 0. The molecule has 1 aromatic rings. The third kappa shape index (κ3) is 4.00. The van der Waals surface area contributed by atoms with Crippen molar-refractivity contribution in [3.8, 4) is 6.07 Å². The van der Waals surface area contributed by atoms with Crippen LogP contribution in [0.2, 0.25) is 0 Å². The second-order valence-corrected chi connectivity index (χ2v) is 10.5. The van der Waals surface area contributed by atoms with Crippen LogP contribution in [-0.4, -0.2) is 41.8 Å². The number of sulfone groups is 3. The van der Waals surface area contributed by atoms with E-state index in [1.54, 1.807) is 0 Å². The number of alkyl halides is 9. The van der Waals surface area contributed by atoms with Gasteiger partial charge in [0.25, 0.3) is 29.5 Å². The molecule has 0 saturated heterocycles. The topological polar surface area (TPSA) is 126 Å². The summed E-state index contributed by atoms with van der Waals surface area (Å²) in [6.07, 6.45) is 0. The summed E-state index contributed by atoms with van der Waals surface area (Å²) < 4.78 is 183. The number of hydrogen-bond acceptors (Lipinski definition) is 7. The first-order chi connectivity index (χ1) is 12.5. The Morgan fingerprint density at radius 2 is 0.897 bits per heavy atom. The predicted molar refractivity (Wildman–Crippen MR) is 70.9 cm³/mol. The molecule has 0 heterocycles. The first-order valence-corrected chi connectivity index (χ1v) is 10.5. The van der Waals surface area contributed by atoms with Gasteiger partial charge >= 0.3 is 16.5 Å². The Morgan fingerprint density at radius 1 is 0.621 bits per heavy atom. The summed E-state index contributed by atoms with van der Waals surface area (Å²) >= 11 is 0. The van der Waals surface area contributed by atoms with Crippen LogP contribution in [0.1, 0.15) is 5.56 Å². The molecule has 0 aliphatic heterocycles. The summed E-state index contributed by atoms with van der Waals surface area (Å²) in [5, 5.41) is 8.73. The van der Waals surface area contributed by atoms with E-state index < -0.39 is 78.4 Å². The Kier molecular flexibility index (Phi) is 5.80. The van der Waals surface area contributed by atoms with Crippen molar-refractivity contribution in [1.29, 1.82) is 5.26 Å². The van der Waals surface area contributed by atoms with Crippen LogP contribution in [0.15, 0.2) is 26.8 Å². The maximum absolute atomic E-state index is 12.7. The fourth-order valence-corrected chi connectivity index (χ4v) is 4.58. The number of benzene rings is 1. The average Bonchev–Trinajstić information content (AvgIpc) is 2.49. The van der Waals surface area contributed by atoms with Gasteiger partial charge in [-0.3, -0.25) is 0 Å². The molecule has 0 saturated carbocycles. The van der Waals surface area contributed by atoms with Gasteiger partial charge in [-0.1, -0.05) is 0 Å². The standard InChI is InChI=1S/C10H2F9NO6S3/c11-8(12,13)27(21,22)4-1-6(28(23,24)9(14,15)16)5(3-20)7(2-4)29(25,26)10(17,18)19/h1-2H. The lowest BCUT2D eigenvalue weighted by atomic mass is 10.2. The zero-order chi connectivity index (χ0) is 23.4. The van der Waals surface area contributed by atoms with Crippen molar-refractivity contribution < 1.29 is 64.8 Å². The van der Waals surface area contributed by atoms with Gasteiger partial charge < -0.3 is 0 Å². The first-order valence-electron chi connectivity index (χ1n) is 6.05. The minimum absolute atomic E-state index is 0.404. The lowest BCUT2D eigenvalue weighted by Crippen LogP contribution is -2.29. The number of halogens is 9. The fourth-order valence-electron chi connectivity index (χ4n) is 1.64. The Bertz CT molecular complexity index is 1130. The van der Waals surface area contributed by atoms with E-state index in [1.807, 2.05) is 0 Å². The molecule has 0 bridgehead atoms. The summed E-state index contributed by atoms with van der Waals surface area (Å²) in [4.78, 5) is -8.02. The fraction of sp³-hybridized carbons (Fsp3) is 0.300. The lowest BCUT2D eigenvalue weighted by molar-refractivity contribution is -0.0438. The molecule has 0 aliphatic carbocycles. The number of nitriles is 1. The molecule has 0 fully saturated rings. The first kappa shape index (κ1) is 25.0. The van der Waals surface area contributed by atoms with Gasteiger partial charge in [0.1, 0.15) is 6.07 Å². The van der Waals surface area contributed by atoms with Gasteiger partial charge in [0.15, 0.2) is 0 Å². The maximum atomic E-state index is 12.7. The molecule has 164 valence electrons. The molecule has 7 nitrogen and oxygen atoms in total. The number of nitrogens with zero attached hydrogens (tertiary/aromatic N) is 1. The molecule has 0 unspecified atom stereocenters. The SMILES string of the molecule is N#Cc1c(S(=O)(=O)C(F)(F)F)cc(S(=O)(=O)C(F)(F)F)cc1S(=O)(=O)C(F)(F)F. The summed E-state index contributed by atoms with van der Waals surface area (Å²) in [5.41, 5.74) is -21.6. The minimum atomic E-state index is -6.96. The molecule has 0 amide bonds. The zero-order valence-electron chi connectivity index (χ0n) is 12.7. The van der Waals surface area contributed by atoms with Crippen LogP contribution >= 0.6 is 0 Å². The summed E-state index contributed by atoms with van der Waals surface area (Å²) in [6.45, 7) is 0. The van der Waals surface area contributed by atoms with Gasteiger partial charge in [-0.15, -0.1) is 0 Å². The van der Waals surface area contributed by atoms with Gasteiger partial charge in [0.2, 0.25) is 0 Å². The van der Waals surface area contributed by atoms with E-state index in [-0.39, 0.29) is 0 Å². The van der Waals surface area contributed by atoms with E-state index >= 15 is 0 Å². The summed E-state index contributed by atoms with van der Waals surface area (Å²) in [6, 6.07) is -1.40. The molecule has 0 aromatic heterocycles. The van der Waals surface area contributed by atoms with Crippen LogP contribution in [0.25, 0.3) is 0 Å². The molecule has 19 heteroatoms. The molecule has 1 aromatic carbocycles. The molecule has 0 spiro atoms. The highest BCUT2D eigenvalue weighted by atomic mass is 32.2. The van der Waals surface area contributed by atoms with Crippen LogP contribution in [0.3, 0.4) is 0 Å². The highest BCUT2D eigenvalue weighted by Gasteiger charge is 2.54. The molecule has 0 atom stereocenters. The van der Waals surface area contributed by atoms with Crippen molar-refractivity contribution in [1.82, 2.24) is 0 Å². The van der Waals surface area contributed by atoms with Gasteiger partial charge in [-0.05, 0) is 12.1 Å². The van der Waals surface area contributed by atoms with E-state index in [1.165, 1.54) is 0 Å². The van der Waals surface area contributed by atoms with Crippen LogP contribution in [0.4, 0.5) is 39.5 Å². The van der Waals surface area contributed by atoms with Crippen molar-refractivity contribution in [2.24, 2.45) is 0 Å². The Morgan fingerprint density at radius 3 is 1.10 bits per heavy atom. The van der Waals surface area contributed by atoms with Gasteiger partial charge in [-0.25, -0.2) is 25.3 Å². The zero-order valence-corrected chi connectivity index (χ0v) is 15.1. The highest BCUT2D eigenvalue weighted by Crippen LogP contribution is 2.41. The number of rotatable bonds is 3. The highest BCUT2D eigenvalue weighted by molar-refractivity contribution is 7.94. The second-order valence-electron chi connectivity index (χ2n) is 4.75. The molecule has 0 radical (unpaired) electrons. The molecule has 29 heavy (non-hydrogen) atoms. The average molecular weight is 499 g/mol. The van der Waals surface area contributed by atoms with Gasteiger partial charge in [-0.2, -0.15) is 44.8 Å². The Hall–Kier alpha value is -2.07. The van der Waals surface area contributed by atoms with Crippen LogP contribution in [-0.2, 0) is 29.5 Å². The maximum Gasteiger partial charge on any atom is 0.501 e. The second kappa shape index (κ2) is 6.73. The van der Waals surface area contributed by atoms with Crippen LogP contribution < -0.4 is 0 Å². The van der Waals surface area contributed by atoms with E-state index in [0.717, 1.165) is 0 Å². The van der Waals surface area contributed by atoms with Gasteiger partial charge in [0, 0.05) is 0 Å². The van der Waals surface area contributed by atoms with E-state index in [0.29, 0.717) is 6.07 Å². The van der Waals surface area contributed by atoms with E-state index in [2.05, 4.69) is 0 Å². The van der Waals surface area contributed by atoms with Crippen molar-refractivity contribution in [3.63, 3.8) is 0 Å². The van der Waals surface area contributed by atoms with E-state index in [4.69, 9.17) is 5.26 Å². The molecule has 0 N–H and O–H groups in total. The summed E-state index contributed by atoms with van der Waals surface area (Å²) in [7, 11) is -20.8. The monoisotopic (exact) mass is 499 g/mol. The molecule has 0 aliphatic rings. The third-order valence-electron chi connectivity index (χ3n) is 2.95. The molecular formula is C10H2F9NO6S3. The number of hydrogen-bond donors (Lipinski definition) is 0. The minimum Gasteiger partial charge on any atom is -0.214 e. The third-order valence-corrected chi connectivity index (χ3v) is 7.44. The quantitative estimate of drug-likeness (QED) is 0.585. The van der Waals surface area contributed by atoms with Crippen molar-refractivity contribution >= 4 is 29.5 Å². The normalized spacial score (nSPS) is 14.5. The smallest absolute Gasteiger partial charge is 0.214 e. The molecule has 1 rings (SSSR count). The van der Waals surface area contributed by atoms with Crippen molar-refractivity contribution in [3.05, 3.63) is 17.7 Å². The Labute approximate surface area is 155 Å². The molecular weight excluding hydrogens is 497 g/mol. The Balaban J connectivity index is 4.38. The van der Waals surface area contributed by atoms with Crippen molar-refractivity contribution in [2.75, 3.05) is 0 Å². The predicted octanol–water partition coefficient (Wildman–Crippen LogP) is 2.44. The van der Waals surface area contributed by atoms with Crippen molar-refractivity contribution in [2.45, 2.75) is 31.2 Å². The van der Waals surface area contributed by atoms with Crippen LogP contribution in [0, 0.1) is 11.3 Å². The lowest BCUT2D eigenvalue weighted by Gasteiger charge is -2.16. The van der Waals surface area contributed by atoms with Gasteiger partial charge in [0.05, 0.1) is 20.2 Å². The largest absolute Gasteiger partial charge is 0.501 e. The van der Waals surface area contributed by atoms with Crippen LogP contribution in [0.5, 0.6) is 0 Å². The van der Waals surface area contributed by atoms with E-state index in [9.17, 15) is 64.8 Å².